The molecule has 0 spiro atoms. The molecule has 0 atom stereocenters. The monoisotopic (exact) mass is 317 g/mol. The average molecular weight is 317 g/mol. The highest BCUT2D eigenvalue weighted by Crippen LogP contribution is 2.19. The molecule has 0 saturated carbocycles. The first-order valence-electron chi connectivity index (χ1n) is 8.30. The van der Waals surface area contributed by atoms with Gasteiger partial charge in [0.25, 0.3) is 0 Å². The van der Waals surface area contributed by atoms with Crippen LogP contribution in [0.4, 0.5) is 5.69 Å². The van der Waals surface area contributed by atoms with Crippen molar-refractivity contribution >= 4 is 17.5 Å². The first-order chi connectivity index (χ1) is 11.0. The van der Waals surface area contributed by atoms with E-state index in [2.05, 4.69) is 37.4 Å². The molecule has 5 nitrogen and oxygen atoms in total. The lowest BCUT2D eigenvalue weighted by Gasteiger charge is -2.21. The number of hydrogen-bond donors (Lipinski definition) is 1. The van der Waals surface area contributed by atoms with Gasteiger partial charge in [0.2, 0.25) is 11.8 Å². The summed E-state index contributed by atoms with van der Waals surface area (Å²) in [5.41, 5.74) is 3.47. The molecule has 126 valence electrons. The molecule has 1 aliphatic heterocycles. The van der Waals surface area contributed by atoms with E-state index in [1.807, 2.05) is 16.8 Å². The Morgan fingerprint density at radius 2 is 2.13 bits per heavy atom. The fourth-order valence-electron chi connectivity index (χ4n) is 3.03. The Morgan fingerprint density at radius 3 is 2.78 bits per heavy atom. The lowest BCUT2D eigenvalue weighted by Crippen LogP contribution is -2.37. The van der Waals surface area contributed by atoms with Crippen molar-refractivity contribution in [1.82, 2.24) is 10.2 Å². The van der Waals surface area contributed by atoms with Gasteiger partial charge in [-0.2, -0.15) is 0 Å². The molecule has 2 rings (SSSR count). The molecule has 23 heavy (non-hydrogen) atoms. The molecule has 1 aliphatic rings. The third-order valence-corrected chi connectivity index (χ3v) is 4.24. The summed E-state index contributed by atoms with van der Waals surface area (Å²) in [6.07, 6.45) is 2.45. The topological polar surface area (TPSA) is 52.7 Å². The molecule has 0 radical (unpaired) electrons. The number of carbonyl (C=O) groups is 2. The number of nitrogens with zero attached hydrogens (tertiary/aromatic N) is 2. The molecule has 0 aromatic heterocycles. The van der Waals surface area contributed by atoms with Crippen molar-refractivity contribution in [2.24, 2.45) is 0 Å². The summed E-state index contributed by atoms with van der Waals surface area (Å²) in [6, 6.07) is 6.23. The van der Waals surface area contributed by atoms with Crippen molar-refractivity contribution in [3.05, 3.63) is 29.3 Å². The molecule has 1 aromatic rings. The van der Waals surface area contributed by atoms with Crippen LogP contribution in [0.15, 0.2) is 18.2 Å². The number of benzene rings is 1. The van der Waals surface area contributed by atoms with E-state index in [0.717, 1.165) is 31.6 Å². The van der Waals surface area contributed by atoms with Gasteiger partial charge in [-0.3, -0.25) is 9.59 Å². The second-order valence-electron chi connectivity index (χ2n) is 6.33. The Labute approximate surface area is 138 Å². The Bertz CT molecular complexity index is 571. The molecule has 5 heteroatoms. The van der Waals surface area contributed by atoms with Crippen LogP contribution in [0.2, 0.25) is 0 Å². The number of anilines is 1. The van der Waals surface area contributed by atoms with E-state index >= 15 is 0 Å². The van der Waals surface area contributed by atoms with Gasteiger partial charge in [0.05, 0.1) is 6.54 Å². The fraction of sp³-hybridized carbons (Fsp3) is 0.556. The summed E-state index contributed by atoms with van der Waals surface area (Å²) >= 11 is 0. The standard InChI is InChI=1S/C18H27N3O2/c1-14-7-8-16(15(2)12-14)20(3)13-17(22)19-9-5-11-21-10-4-6-18(21)23/h7-8,12H,4-6,9-11,13H2,1-3H3,(H,19,22). The minimum absolute atomic E-state index is 0.0141. The van der Waals surface area contributed by atoms with Crippen LogP contribution in [-0.4, -0.2) is 49.9 Å². The maximum atomic E-state index is 12.0. The molecule has 1 saturated heterocycles. The molecule has 1 N–H and O–H groups in total. The summed E-state index contributed by atoms with van der Waals surface area (Å²) in [6.45, 7) is 6.68. The van der Waals surface area contributed by atoms with Gasteiger partial charge in [0.1, 0.15) is 0 Å². The number of likely N-dealkylation sites (tertiary alicyclic amines) is 1. The van der Waals surface area contributed by atoms with Crippen LogP contribution in [0, 0.1) is 13.8 Å². The van der Waals surface area contributed by atoms with Crippen molar-refractivity contribution in [3.63, 3.8) is 0 Å². The predicted molar refractivity (Wildman–Crippen MR) is 92.6 cm³/mol. The second kappa shape index (κ2) is 7.99. The van der Waals surface area contributed by atoms with Crippen molar-refractivity contribution < 1.29 is 9.59 Å². The van der Waals surface area contributed by atoms with Gasteiger partial charge in [0.15, 0.2) is 0 Å². The molecule has 0 aliphatic carbocycles. The van der Waals surface area contributed by atoms with Crippen molar-refractivity contribution in [2.45, 2.75) is 33.1 Å². The van der Waals surface area contributed by atoms with Crippen molar-refractivity contribution in [3.8, 4) is 0 Å². The molecule has 0 bridgehead atoms. The summed E-state index contributed by atoms with van der Waals surface area (Å²) in [5.74, 6) is 0.256. The first kappa shape index (κ1) is 17.3. The van der Waals surface area contributed by atoms with Gasteiger partial charge in [-0.25, -0.2) is 0 Å². The first-order valence-corrected chi connectivity index (χ1v) is 8.30. The second-order valence-corrected chi connectivity index (χ2v) is 6.33. The maximum Gasteiger partial charge on any atom is 0.239 e. The number of rotatable bonds is 7. The number of nitrogens with one attached hydrogen (secondary N) is 1. The fourth-order valence-corrected chi connectivity index (χ4v) is 3.03. The van der Waals surface area contributed by atoms with Gasteiger partial charge in [-0.1, -0.05) is 17.7 Å². The van der Waals surface area contributed by atoms with E-state index in [-0.39, 0.29) is 11.8 Å². The minimum atomic E-state index is 0.0141. The molecular weight excluding hydrogens is 290 g/mol. The van der Waals surface area contributed by atoms with E-state index in [0.29, 0.717) is 19.5 Å². The van der Waals surface area contributed by atoms with Crippen molar-refractivity contribution in [1.29, 1.82) is 0 Å². The van der Waals surface area contributed by atoms with Gasteiger partial charge in [0, 0.05) is 38.8 Å². The number of hydrogen-bond acceptors (Lipinski definition) is 3. The highest BCUT2D eigenvalue weighted by Gasteiger charge is 2.19. The van der Waals surface area contributed by atoms with Crippen LogP contribution in [0.5, 0.6) is 0 Å². The molecule has 0 unspecified atom stereocenters. The third kappa shape index (κ3) is 4.98. The Balaban J connectivity index is 1.70. The van der Waals surface area contributed by atoms with Crippen LogP contribution in [0.25, 0.3) is 0 Å². The molecule has 1 aromatic carbocycles. The Kier molecular flexibility index (Phi) is 6.02. The zero-order valence-electron chi connectivity index (χ0n) is 14.4. The maximum absolute atomic E-state index is 12.0. The molecule has 1 heterocycles. The largest absolute Gasteiger partial charge is 0.365 e. The zero-order chi connectivity index (χ0) is 16.8. The predicted octanol–water partition coefficient (Wildman–Crippen LogP) is 1.87. The number of amides is 2. The Morgan fingerprint density at radius 1 is 1.35 bits per heavy atom. The van der Waals surface area contributed by atoms with Crippen LogP contribution in [0.3, 0.4) is 0 Å². The van der Waals surface area contributed by atoms with Gasteiger partial charge >= 0.3 is 0 Å². The van der Waals surface area contributed by atoms with Gasteiger partial charge in [-0.05, 0) is 38.3 Å². The normalized spacial score (nSPS) is 14.2. The van der Waals surface area contributed by atoms with Crippen LogP contribution in [0.1, 0.15) is 30.4 Å². The number of carbonyl (C=O) groups excluding carboxylic acids is 2. The zero-order valence-corrected chi connectivity index (χ0v) is 14.4. The third-order valence-electron chi connectivity index (χ3n) is 4.24. The minimum Gasteiger partial charge on any atom is -0.365 e. The summed E-state index contributed by atoms with van der Waals surface area (Å²) in [7, 11) is 1.93. The van der Waals surface area contributed by atoms with E-state index in [1.165, 1.54) is 11.1 Å². The van der Waals surface area contributed by atoms with Gasteiger partial charge < -0.3 is 15.1 Å². The summed E-state index contributed by atoms with van der Waals surface area (Å²) in [5, 5.41) is 2.93. The van der Waals surface area contributed by atoms with Crippen LogP contribution in [-0.2, 0) is 9.59 Å². The molecule has 1 fully saturated rings. The highest BCUT2D eigenvalue weighted by molar-refractivity contribution is 5.81. The van der Waals surface area contributed by atoms with E-state index in [9.17, 15) is 9.59 Å². The summed E-state index contributed by atoms with van der Waals surface area (Å²) < 4.78 is 0. The van der Waals surface area contributed by atoms with E-state index in [1.54, 1.807) is 0 Å². The molecular formula is C18H27N3O2. The highest BCUT2D eigenvalue weighted by atomic mass is 16.2. The Hall–Kier alpha value is -2.04. The lowest BCUT2D eigenvalue weighted by molar-refractivity contribution is -0.127. The van der Waals surface area contributed by atoms with Crippen LogP contribution >= 0.6 is 0 Å². The SMILES string of the molecule is Cc1ccc(N(C)CC(=O)NCCCN2CCCC2=O)c(C)c1. The quantitative estimate of drug-likeness (QED) is 0.781. The van der Waals surface area contributed by atoms with E-state index < -0.39 is 0 Å². The summed E-state index contributed by atoms with van der Waals surface area (Å²) in [4.78, 5) is 27.4. The average Bonchev–Trinajstić information content (AvgIpc) is 2.88. The number of aryl methyl sites for hydroxylation is 2. The number of likely N-dealkylation sites (N-methyl/N-ethyl adjacent to an activating group) is 1. The van der Waals surface area contributed by atoms with Crippen molar-refractivity contribution in [2.75, 3.05) is 38.1 Å². The molecule has 2 amide bonds. The van der Waals surface area contributed by atoms with E-state index in [4.69, 9.17) is 0 Å². The van der Waals surface area contributed by atoms with Crippen LogP contribution < -0.4 is 10.2 Å². The van der Waals surface area contributed by atoms with Gasteiger partial charge in [-0.15, -0.1) is 0 Å². The lowest BCUT2D eigenvalue weighted by atomic mass is 10.1. The smallest absolute Gasteiger partial charge is 0.239 e.